The Balaban J connectivity index is 1.59. The van der Waals surface area contributed by atoms with Crippen molar-refractivity contribution in [3.8, 4) is 5.88 Å². The van der Waals surface area contributed by atoms with Crippen LogP contribution in [-0.4, -0.2) is 48.8 Å². The van der Waals surface area contributed by atoms with E-state index in [2.05, 4.69) is 27.1 Å². The van der Waals surface area contributed by atoms with Crippen LogP contribution in [0, 0.1) is 0 Å². The van der Waals surface area contributed by atoms with E-state index in [4.69, 9.17) is 9.47 Å². The maximum atomic E-state index is 12.3. The van der Waals surface area contributed by atoms with Gasteiger partial charge in [0, 0.05) is 32.0 Å². The van der Waals surface area contributed by atoms with Crippen molar-refractivity contribution in [1.82, 2.24) is 15.3 Å². The highest BCUT2D eigenvalue weighted by molar-refractivity contribution is 5.96. The number of hydrogen-bond acceptors (Lipinski definition) is 6. The van der Waals surface area contributed by atoms with E-state index < -0.39 is 0 Å². The Kier molecular flexibility index (Phi) is 5.45. The first kappa shape index (κ1) is 17.2. The Bertz CT molecular complexity index is 721. The van der Waals surface area contributed by atoms with Crippen LogP contribution in [0.2, 0.25) is 0 Å². The second-order valence-corrected chi connectivity index (χ2v) is 5.89. The molecule has 25 heavy (non-hydrogen) atoms. The zero-order valence-electron chi connectivity index (χ0n) is 14.4. The largest absolute Gasteiger partial charge is 0.480 e. The van der Waals surface area contributed by atoms with E-state index in [0.717, 1.165) is 24.5 Å². The average molecular weight is 342 g/mol. The number of nitrogens with one attached hydrogen (secondary N) is 1. The maximum Gasteiger partial charge on any atom is 0.257 e. The molecular weight excluding hydrogens is 320 g/mol. The zero-order valence-corrected chi connectivity index (χ0v) is 14.4. The van der Waals surface area contributed by atoms with Gasteiger partial charge in [-0.05, 0) is 30.7 Å². The lowest BCUT2D eigenvalue weighted by atomic mass is 10.2. The molecule has 1 atom stereocenters. The fourth-order valence-corrected chi connectivity index (χ4v) is 2.74. The summed E-state index contributed by atoms with van der Waals surface area (Å²) in [6, 6.07) is 7.34. The number of methoxy groups -OCH3 is 1. The summed E-state index contributed by atoms with van der Waals surface area (Å²) in [5, 5.41) is 2.86. The van der Waals surface area contributed by atoms with Crippen molar-refractivity contribution >= 4 is 11.7 Å². The molecular formula is C18H22N4O3. The summed E-state index contributed by atoms with van der Waals surface area (Å²) in [7, 11) is 1.49. The number of morpholine rings is 1. The highest BCUT2D eigenvalue weighted by Crippen LogP contribution is 2.16. The molecule has 7 nitrogen and oxygen atoms in total. The number of ether oxygens (including phenoxy) is 2. The smallest absolute Gasteiger partial charge is 0.257 e. The van der Waals surface area contributed by atoms with Gasteiger partial charge in [0.1, 0.15) is 11.4 Å². The molecule has 0 aromatic carbocycles. The second kappa shape index (κ2) is 7.94. The summed E-state index contributed by atoms with van der Waals surface area (Å²) in [5.41, 5.74) is 1.35. The number of aromatic nitrogens is 2. The maximum absolute atomic E-state index is 12.3. The van der Waals surface area contributed by atoms with Gasteiger partial charge in [-0.2, -0.15) is 0 Å². The van der Waals surface area contributed by atoms with E-state index in [1.54, 1.807) is 24.5 Å². The van der Waals surface area contributed by atoms with Gasteiger partial charge >= 0.3 is 0 Å². The van der Waals surface area contributed by atoms with Gasteiger partial charge in [0.25, 0.3) is 5.91 Å². The average Bonchev–Trinajstić information content (AvgIpc) is 2.66. The van der Waals surface area contributed by atoms with Crippen LogP contribution in [0.25, 0.3) is 0 Å². The molecule has 1 saturated heterocycles. The highest BCUT2D eigenvalue weighted by Gasteiger charge is 2.18. The molecule has 7 heteroatoms. The minimum Gasteiger partial charge on any atom is -0.480 e. The Morgan fingerprint density at radius 1 is 1.40 bits per heavy atom. The fourth-order valence-electron chi connectivity index (χ4n) is 2.74. The Morgan fingerprint density at radius 2 is 2.28 bits per heavy atom. The molecule has 0 aliphatic carbocycles. The first-order valence-electron chi connectivity index (χ1n) is 8.26. The van der Waals surface area contributed by atoms with E-state index in [0.29, 0.717) is 24.6 Å². The Hall–Kier alpha value is -2.67. The fraction of sp³-hybridized carbons (Fsp3) is 0.389. The normalized spacial score (nSPS) is 17.2. The molecule has 0 bridgehead atoms. The molecule has 1 amide bonds. The number of rotatable bonds is 5. The van der Waals surface area contributed by atoms with Gasteiger partial charge in [-0.25, -0.2) is 9.97 Å². The van der Waals surface area contributed by atoms with Crippen LogP contribution >= 0.6 is 0 Å². The summed E-state index contributed by atoms with van der Waals surface area (Å²) in [4.78, 5) is 23.0. The van der Waals surface area contributed by atoms with Crippen molar-refractivity contribution in [2.45, 2.75) is 19.6 Å². The zero-order chi connectivity index (χ0) is 17.6. The van der Waals surface area contributed by atoms with Gasteiger partial charge in [-0.3, -0.25) is 4.79 Å². The molecule has 2 aromatic rings. The summed E-state index contributed by atoms with van der Waals surface area (Å²) < 4.78 is 10.7. The van der Waals surface area contributed by atoms with E-state index in [9.17, 15) is 4.79 Å². The first-order chi connectivity index (χ1) is 12.2. The lowest BCUT2D eigenvalue weighted by Gasteiger charge is -2.32. The van der Waals surface area contributed by atoms with Gasteiger partial charge < -0.3 is 19.7 Å². The lowest BCUT2D eigenvalue weighted by Crippen LogP contribution is -2.41. The molecule has 1 aliphatic heterocycles. The van der Waals surface area contributed by atoms with Crippen molar-refractivity contribution in [1.29, 1.82) is 0 Å². The van der Waals surface area contributed by atoms with E-state index in [1.165, 1.54) is 7.11 Å². The standard InChI is InChI=1S/C18H22N4O3/c1-13-12-22(8-9-25-13)16-6-5-14(10-20-16)11-21-17(23)15-4-3-7-19-18(15)24-2/h3-7,10,13H,8-9,11-12H2,1-2H3,(H,21,23)/t13-/m1/s1. The monoisotopic (exact) mass is 342 g/mol. The minimum absolute atomic E-state index is 0.212. The van der Waals surface area contributed by atoms with Crippen molar-refractivity contribution in [2.75, 3.05) is 31.7 Å². The van der Waals surface area contributed by atoms with Crippen LogP contribution in [0.3, 0.4) is 0 Å². The molecule has 0 radical (unpaired) electrons. The summed E-state index contributed by atoms with van der Waals surface area (Å²) in [6.45, 7) is 4.85. The van der Waals surface area contributed by atoms with Crippen molar-refractivity contribution in [3.05, 3.63) is 47.8 Å². The van der Waals surface area contributed by atoms with Crippen LogP contribution in [-0.2, 0) is 11.3 Å². The number of anilines is 1. The number of nitrogens with zero attached hydrogens (tertiary/aromatic N) is 3. The molecule has 0 saturated carbocycles. The summed E-state index contributed by atoms with van der Waals surface area (Å²) in [5.74, 6) is 1.02. The third-order valence-electron chi connectivity index (χ3n) is 4.04. The predicted octanol–water partition coefficient (Wildman–Crippen LogP) is 1.64. The molecule has 3 rings (SSSR count). The number of carbonyl (C=O) groups is 1. The highest BCUT2D eigenvalue weighted by atomic mass is 16.5. The second-order valence-electron chi connectivity index (χ2n) is 5.89. The third kappa shape index (κ3) is 4.24. The predicted molar refractivity (Wildman–Crippen MR) is 93.8 cm³/mol. The van der Waals surface area contributed by atoms with Crippen molar-refractivity contribution in [3.63, 3.8) is 0 Å². The number of pyridine rings is 2. The van der Waals surface area contributed by atoms with Crippen molar-refractivity contribution in [2.24, 2.45) is 0 Å². The molecule has 132 valence electrons. The van der Waals surface area contributed by atoms with Crippen LogP contribution in [0.4, 0.5) is 5.82 Å². The van der Waals surface area contributed by atoms with Crippen LogP contribution < -0.4 is 15.0 Å². The third-order valence-corrected chi connectivity index (χ3v) is 4.04. The minimum atomic E-state index is -0.226. The number of hydrogen-bond donors (Lipinski definition) is 1. The molecule has 1 N–H and O–H groups in total. The van der Waals surface area contributed by atoms with Crippen LogP contribution in [0.1, 0.15) is 22.8 Å². The van der Waals surface area contributed by atoms with Gasteiger partial charge in [0.05, 0.1) is 19.8 Å². The Labute approximate surface area is 147 Å². The molecule has 2 aromatic heterocycles. The number of amides is 1. The quantitative estimate of drug-likeness (QED) is 0.890. The summed E-state index contributed by atoms with van der Waals surface area (Å²) in [6.07, 6.45) is 3.59. The van der Waals surface area contributed by atoms with Crippen LogP contribution in [0.5, 0.6) is 5.88 Å². The van der Waals surface area contributed by atoms with Crippen LogP contribution in [0.15, 0.2) is 36.7 Å². The lowest BCUT2D eigenvalue weighted by molar-refractivity contribution is 0.0529. The molecule has 0 spiro atoms. The number of carbonyl (C=O) groups excluding carboxylic acids is 1. The summed E-state index contributed by atoms with van der Waals surface area (Å²) >= 11 is 0. The van der Waals surface area contributed by atoms with Gasteiger partial charge in [-0.15, -0.1) is 0 Å². The van der Waals surface area contributed by atoms with E-state index in [-0.39, 0.29) is 12.0 Å². The molecule has 0 unspecified atom stereocenters. The van der Waals surface area contributed by atoms with Gasteiger partial charge in [-0.1, -0.05) is 6.07 Å². The van der Waals surface area contributed by atoms with Crippen molar-refractivity contribution < 1.29 is 14.3 Å². The molecule has 1 fully saturated rings. The Morgan fingerprint density at radius 3 is 3.00 bits per heavy atom. The SMILES string of the molecule is COc1ncccc1C(=O)NCc1ccc(N2CCO[C@H](C)C2)nc1. The molecule has 1 aliphatic rings. The van der Waals surface area contributed by atoms with Gasteiger partial charge in [0.15, 0.2) is 0 Å². The van der Waals surface area contributed by atoms with Gasteiger partial charge in [0.2, 0.25) is 5.88 Å². The first-order valence-corrected chi connectivity index (χ1v) is 8.26. The topological polar surface area (TPSA) is 76.6 Å². The van der Waals surface area contributed by atoms with E-state index >= 15 is 0 Å². The van der Waals surface area contributed by atoms with E-state index in [1.807, 2.05) is 12.1 Å². The molecule has 3 heterocycles.